The summed E-state index contributed by atoms with van der Waals surface area (Å²) in [4.78, 5) is 31.7. The van der Waals surface area contributed by atoms with Crippen LogP contribution in [0.25, 0.3) is 22.3 Å². The van der Waals surface area contributed by atoms with Crippen molar-refractivity contribution in [2.24, 2.45) is 0 Å². The van der Waals surface area contributed by atoms with Crippen molar-refractivity contribution >= 4 is 39.9 Å². The number of carbonyl (C=O) groups is 1. The third-order valence-electron chi connectivity index (χ3n) is 4.36. The van der Waals surface area contributed by atoms with Gasteiger partial charge in [-0.25, -0.2) is 14.4 Å². The number of fused-ring (bicyclic) bond motifs is 1. The molecule has 0 radical (unpaired) electrons. The normalized spacial score (nSPS) is 10.7. The molecule has 0 saturated heterocycles. The molecule has 7 nitrogen and oxygen atoms in total. The zero-order chi connectivity index (χ0) is 21.8. The van der Waals surface area contributed by atoms with Gasteiger partial charge in [0.1, 0.15) is 10.8 Å². The number of hydrogen-bond donors (Lipinski definition) is 1. The largest absolute Gasteiger partial charge is 0.325 e. The second-order valence-corrected chi connectivity index (χ2v) is 7.48. The van der Waals surface area contributed by atoms with Crippen LogP contribution in [0.15, 0.2) is 77.8 Å². The number of nitrogens with one attached hydrogen (secondary N) is 1. The molecule has 0 aliphatic rings. The van der Waals surface area contributed by atoms with E-state index < -0.39 is 10.7 Å². The molecule has 1 amide bonds. The number of rotatable bonds is 6. The molecule has 1 aromatic heterocycles. The van der Waals surface area contributed by atoms with Gasteiger partial charge in [0.25, 0.3) is 5.69 Å². The van der Waals surface area contributed by atoms with E-state index in [0.717, 1.165) is 17.3 Å². The lowest BCUT2D eigenvalue weighted by atomic mass is 10.2. The average molecular weight is 434 g/mol. The number of thioether (sulfide) groups is 1. The molecule has 0 saturated carbocycles. The Morgan fingerprint density at radius 2 is 1.77 bits per heavy atom. The van der Waals surface area contributed by atoms with Crippen molar-refractivity contribution in [1.82, 2.24) is 9.97 Å². The molecule has 4 aromatic rings. The highest BCUT2D eigenvalue weighted by Crippen LogP contribution is 2.29. The van der Waals surface area contributed by atoms with Gasteiger partial charge in [-0.3, -0.25) is 14.9 Å². The predicted octanol–water partition coefficient (Wildman–Crippen LogP) is 5.07. The number of nitro groups is 1. The second kappa shape index (κ2) is 8.88. The Morgan fingerprint density at radius 1 is 1.03 bits per heavy atom. The molecule has 0 aliphatic heterocycles. The quantitative estimate of drug-likeness (QED) is 0.197. The van der Waals surface area contributed by atoms with Crippen molar-refractivity contribution in [3.05, 3.63) is 88.7 Å². The highest BCUT2D eigenvalue weighted by Gasteiger charge is 2.13. The van der Waals surface area contributed by atoms with Crippen molar-refractivity contribution in [3.63, 3.8) is 0 Å². The first kappa shape index (κ1) is 20.4. The van der Waals surface area contributed by atoms with Crippen LogP contribution >= 0.6 is 11.8 Å². The fraction of sp³-hybridized carbons (Fsp3) is 0.0455. The fourth-order valence-corrected chi connectivity index (χ4v) is 3.71. The minimum atomic E-state index is -0.509. The molecule has 0 bridgehead atoms. The van der Waals surface area contributed by atoms with E-state index in [2.05, 4.69) is 15.3 Å². The van der Waals surface area contributed by atoms with Crippen LogP contribution < -0.4 is 5.32 Å². The highest BCUT2D eigenvalue weighted by atomic mass is 32.2. The first-order valence-corrected chi connectivity index (χ1v) is 10.2. The third-order valence-corrected chi connectivity index (χ3v) is 5.35. The summed E-state index contributed by atoms with van der Waals surface area (Å²) in [5.74, 6) is -0.226. The maximum absolute atomic E-state index is 13.8. The van der Waals surface area contributed by atoms with E-state index in [0.29, 0.717) is 27.4 Å². The number of hydrogen-bond acceptors (Lipinski definition) is 6. The summed E-state index contributed by atoms with van der Waals surface area (Å²) < 4.78 is 13.8. The molecule has 1 N–H and O–H groups in total. The topological polar surface area (TPSA) is 98.0 Å². The molecule has 154 valence electrons. The van der Waals surface area contributed by atoms with Gasteiger partial charge in [0.05, 0.1) is 16.2 Å². The summed E-state index contributed by atoms with van der Waals surface area (Å²) in [5, 5.41) is 14.4. The zero-order valence-electron chi connectivity index (χ0n) is 16.0. The Bertz CT molecular complexity index is 1270. The third kappa shape index (κ3) is 4.84. The summed E-state index contributed by atoms with van der Waals surface area (Å²) in [6.45, 7) is 0. The lowest BCUT2D eigenvalue weighted by Gasteiger charge is -2.09. The van der Waals surface area contributed by atoms with E-state index >= 15 is 0 Å². The molecule has 1 heterocycles. The Hall–Kier alpha value is -3.85. The fourth-order valence-electron chi connectivity index (χ4n) is 2.90. The molecule has 0 aliphatic carbocycles. The van der Waals surface area contributed by atoms with Gasteiger partial charge >= 0.3 is 0 Å². The van der Waals surface area contributed by atoms with E-state index in [4.69, 9.17) is 0 Å². The van der Waals surface area contributed by atoms with Crippen molar-refractivity contribution in [2.75, 3.05) is 11.1 Å². The molecule has 9 heteroatoms. The van der Waals surface area contributed by atoms with E-state index in [9.17, 15) is 19.3 Å². The molecular weight excluding hydrogens is 419 g/mol. The van der Waals surface area contributed by atoms with Crippen LogP contribution in [0.5, 0.6) is 0 Å². The molecule has 0 atom stereocenters. The minimum Gasteiger partial charge on any atom is -0.325 e. The monoisotopic (exact) mass is 434 g/mol. The first-order chi connectivity index (χ1) is 15.0. The number of benzene rings is 3. The standard InChI is InChI=1S/C22H15FN4O3S/c23-15-6-11-19-18(12-15)22(26-21(25-19)14-4-2-1-3-5-14)31-13-20(28)24-16-7-9-17(10-8-16)27(29)30/h1-12H,13H2,(H,24,28). The number of anilines is 1. The van der Waals surface area contributed by atoms with Gasteiger partial charge in [0.2, 0.25) is 5.91 Å². The van der Waals surface area contributed by atoms with Crippen LogP contribution in [0.1, 0.15) is 0 Å². The number of halogens is 1. The number of non-ortho nitro benzene ring substituents is 1. The van der Waals surface area contributed by atoms with Gasteiger partial charge in [-0.05, 0) is 30.3 Å². The second-order valence-electron chi connectivity index (χ2n) is 6.52. The molecular formula is C22H15FN4O3S. The number of nitrogens with zero attached hydrogens (tertiary/aromatic N) is 3. The van der Waals surface area contributed by atoms with Crippen molar-refractivity contribution in [3.8, 4) is 11.4 Å². The smallest absolute Gasteiger partial charge is 0.269 e. The van der Waals surface area contributed by atoms with Crippen LogP contribution in [0.3, 0.4) is 0 Å². The Morgan fingerprint density at radius 3 is 2.48 bits per heavy atom. The highest BCUT2D eigenvalue weighted by molar-refractivity contribution is 8.00. The summed E-state index contributed by atoms with van der Waals surface area (Å²) in [5.41, 5.74) is 1.77. The van der Waals surface area contributed by atoms with Gasteiger partial charge < -0.3 is 5.32 Å². The van der Waals surface area contributed by atoms with Gasteiger partial charge in [-0.2, -0.15) is 0 Å². The Balaban J connectivity index is 1.56. The molecule has 0 spiro atoms. The number of carbonyl (C=O) groups excluding carboxylic acids is 1. The molecule has 0 fully saturated rings. The number of aromatic nitrogens is 2. The van der Waals surface area contributed by atoms with Gasteiger partial charge in [0, 0.05) is 28.8 Å². The SMILES string of the molecule is O=C(CSc1nc(-c2ccccc2)nc2ccc(F)cc12)Nc1ccc([N+](=O)[O-])cc1. The maximum atomic E-state index is 13.8. The summed E-state index contributed by atoms with van der Waals surface area (Å²) >= 11 is 1.16. The summed E-state index contributed by atoms with van der Waals surface area (Å²) in [7, 11) is 0. The predicted molar refractivity (Wildman–Crippen MR) is 117 cm³/mol. The molecule has 4 rings (SSSR count). The van der Waals surface area contributed by atoms with E-state index in [1.807, 2.05) is 30.3 Å². The zero-order valence-corrected chi connectivity index (χ0v) is 16.8. The Labute approximate surface area is 180 Å². The summed E-state index contributed by atoms with van der Waals surface area (Å²) in [6.07, 6.45) is 0. The van der Waals surface area contributed by atoms with Crippen molar-refractivity contribution in [2.45, 2.75) is 5.03 Å². The Kier molecular flexibility index (Phi) is 5.85. The summed E-state index contributed by atoms with van der Waals surface area (Å²) in [6, 6.07) is 19.2. The molecule has 0 unspecified atom stereocenters. The van der Waals surface area contributed by atoms with E-state index in [1.165, 1.54) is 36.4 Å². The molecule has 3 aromatic carbocycles. The number of nitro benzene ring substituents is 1. The van der Waals surface area contributed by atoms with E-state index in [-0.39, 0.29) is 17.3 Å². The van der Waals surface area contributed by atoms with Crippen LogP contribution in [0.2, 0.25) is 0 Å². The maximum Gasteiger partial charge on any atom is 0.269 e. The average Bonchev–Trinajstić information content (AvgIpc) is 2.78. The van der Waals surface area contributed by atoms with E-state index in [1.54, 1.807) is 6.07 Å². The minimum absolute atomic E-state index is 0.0217. The first-order valence-electron chi connectivity index (χ1n) is 9.19. The van der Waals surface area contributed by atoms with Crippen LogP contribution in [0.4, 0.5) is 15.8 Å². The van der Waals surface area contributed by atoms with Crippen LogP contribution in [0, 0.1) is 15.9 Å². The molecule has 31 heavy (non-hydrogen) atoms. The number of amides is 1. The lowest BCUT2D eigenvalue weighted by Crippen LogP contribution is -2.14. The van der Waals surface area contributed by atoms with Crippen molar-refractivity contribution in [1.29, 1.82) is 0 Å². The van der Waals surface area contributed by atoms with Gasteiger partial charge in [-0.1, -0.05) is 42.1 Å². The lowest BCUT2D eigenvalue weighted by molar-refractivity contribution is -0.384. The van der Waals surface area contributed by atoms with Crippen LogP contribution in [-0.2, 0) is 4.79 Å². The van der Waals surface area contributed by atoms with Crippen LogP contribution in [-0.4, -0.2) is 26.6 Å². The van der Waals surface area contributed by atoms with Gasteiger partial charge in [-0.15, -0.1) is 0 Å². The van der Waals surface area contributed by atoms with Gasteiger partial charge in [0.15, 0.2) is 5.82 Å². The van der Waals surface area contributed by atoms with Crippen molar-refractivity contribution < 1.29 is 14.1 Å².